The Balaban J connectivity index is 1.89. The molecule has 2 aliphatic rings. The number of likely N-dealkylation sites (tertiary alicyclic amines) is 1. The van der Waals surface area contributed by atoms with Gasteiger partial charge in [0.2, 0.25) is 0 Å². The number of rotatable bonds is 2. The fourth-order valence-electron chi connectivity index (χ4n) is 2.23. The summed E-state index contributed by atoms with van der Waals surface area (Å²) in [5.41, 5.74) is 1.53. The van der Waals surface area contributed by atoms with E-state index in [4.69, 9.17) is 0 Å². The molecule has 0 bridgehead atoms. The van der Waals surface area contributed by atoms with Crippen molar-refractivity contribution in [2.75, 3.05) is 19.6 Å². The molecule has 0 saturated carbocycles. The third kappa shape index (κ3) is 2.44. The molecule has 0 radical (unpaired) electrons. The van der Waals surface area contributed by atoms with E-state index in [-0.39, 0.29) is 0 Å². The first-order valence-electron chi connectivity index (χ1n) is 5.44. The summed E-state index contributed by atoms with van der Waals surface area (Å²) in [4.78, 5) is 2.56. The zero-order chi connectivity index (χ0) is 9.10. The van der Waals surface area contributed by atoms with Crippen molar-refractivity contribution in [2.24, 2.45) is 5.92 Å². The predicted octanol–water partition coefficient (Wildman–Crippen LogP) is 2.60. The molecule has 1 atom stereocenters. The van der Waals surface area contributed by atoms with Crippen molar-refractivity contribution in [1.29, 1.82) is 0 Å². The van der Waals surface area contributed by atoms with Crippen molar-refractivity contribution in [3.8, 4) is 0 Å². The van der Waals surface area contributed by atoms with E-state index < -0.39 is 0 Å². The summed E-state index contributed by atoms with van der Waals surface area (Å²) in [6.45, 7) is 6.09. The second kappa shape index (κ2) is 4.10. The Morgan fingerprint density at radius 1 is 1.38 bits per heavy atom. The zero-order valence-corrected chi connectivity index (χ0v) is 8.50. The summed E-state index contributed by atoms with van der Waals surface area (Å²) in [6, 6.07) is 0. The van der Waals surface area contributed by atoms with Crippen molar-refractivity contribution < 1.29 is 0 Å². The summed E-state index contributed by atoms with van der Waals surface area (Å²) in [5, 5.41) is 0. The van der Waals surface area contributed by atoms with Crippen LogP contribution in [0.25, 0.3) is 0 Å². The van der Waals surface area contributed by atoms with Gasteiger partial charge in [0, 0.05) is 6.54 Å². The molecule has 13 heavy (non-hydrogen) atoms. The first-order chi connectivity index (χ1) is 6.34. The van der Waals surface area contributed by atoms with Gasteiger partial charge in [-0.1, -0.05) is 25.2 Å². The van der Waals surface area contributed by atoms with Crippen LogP contribution in [0.5, 0.6) is 0 Å². The van der Waals surface area contributed by atoms with Gasteiger partial charge in [0.1, 0.15) is 0 Å². The van der Waals surface area contributed by atoms with Crippen molar-refractivity contribution in [3.63, 3.8) is 0 Å². The Kier molecular flexibility index (Phi) is 2.84. The van der Waals surface area contributed by atoms with Gasteiger partial charge in [-0.05, 0) is 43.8 Å². The molecular formula is C12H19N. The first-order valence-corrected chi connectivity index (χ1v) is 5.44. The Morgan fingerprint density at radius 2 is 2.15 bits per heavy atom. The highest BCUT2D eigenvalue weighted by Crippen LogP contribution is 2.18. The molecule has 0 unspecified atom stereocenters. The average molecular weight is 177 g/mol. The molecule has 1 aliphatic heterocycles. The van der Waals surface area contributed by atoms with Crippen molar-refractivity contribution in [3.05, 3.63) is 23.8 Å². The number of nitrogens with zero attached hydrogens (tertiary/aromatic N) is 1. The minimum absolute atomic E-state index is 0.752. The van der Waals surface area contributed by atoms with E-state index in [1.165, 1.54) is 44.5 Å². The lowest BCUT2D eigenvalue weighted by molar-refractivity contribution is 0.370. The second-order valence-electron chi connectivity index (χ2n) is 4.34. The molecule has 0 amide bonds. The van der Waals surface area contributed by atoms with Crippen molar-refractivity contribution in [1.82, 2.24) is 4.90 Å². The summed E-state index contributed by atoms with van der Waals surface area (Å²) in [6.07, 6.45) is 11.1. The van der Waals surface area contributed by atoms with Crippen LogP contribution in [0.3, 0.4) is 0 Å². The lowest BCUT2D eigenvalue weighted by Crippen LogP contribution is -2.22. The molecule has 0 spiro atoms. The summed E-state index contributed by atoms with van der Waals surface area (Å²) in [5.74, 6) is 0.752. The Bertz CT molecular complexity index is 221. The maximum Gasteiger partial charge on any atom is 0.0230 e. The lowest BCUT2D eigenvalue weighted by atomic mass is 9.98. The van der Waals surface area contributed by atoms with Gasteiger partial charge in [-0.15, -0.1) is 0 Å². The number of hydrogen-bond donors (Lipinski definition) is 0. The maximum absolute atomic E-state index is 2.56. The summed E-state index contributed by atoms with van der Waals surface area (Å²) in [7, 11) is 0. The molecule has 0 aromatic heterocycles. The SMILES string of the molecule is C[C@@H]1C=C(CN2CCCC2)C=CC1. The van der Waals surface area contributed by atoms with E-state index in [2.05, 4.69) is 30.1 Å². The molecular weight excluding hydrogens is 158 g/mol. The Hall–Kier alpha value is -0.560. The van der Waals surface area contributed by atoms with E-state index in [1.54, 1.807) is 0 Å². The monoisotopic (exact) mass is 177 g/mol. The summed E-state index contributed by atoms with van der Waals surface area (Å²) < 4.78 is 0. The van der Waals surface area contributed by atoms with Gasteiger partial charge >= 0.3 is 0 Å². The van der Waals surface area contributed by atoms with Crippen LogP contribution in [0.2, 0.25) is 0 Å². The van der Waals surface area contributed by atoms with Gasteiger partial charge < -0.3 is 0 Å². The van der Waals surface area contributed by atoms with Crippen molar-refractivity contribution in [2.45, 2.75) is 26.2 Å². The normalized spacial score (nSPS) is 29.3. The van der Waals surface area contributed by atoms with E-state index in [0.29, 0.717) is 0 Å². The van der Waals surface area contributed by atoms with Crippen molar-refractivity contribution >= 4 is 0 Å². The fraction of sp³-hybridized carbons (Fsp3) is 0.667. The number of allylic oxidation sites excluding steroid dienone is 2. The molecule has 1 saturated heterocycles. The van der Waals surface area contributed by atoms with E-state index in [1.807, 2.05) is 0 Å². The Labute approximate surface area is 81.1 Å². The predicted molar refractivity (Wildman–Crippen MR) is 56.7 cm³/mol. The van der Waals surface area contributed by atoms with Gasteiger partial charge in [-0.2, -0.15) is 0 Å². The third-order valence-electron chi connectivity index (χ3n) is 2.94. The largest absolute Gasteiger partial charge is 0.299 e. The minimum Gasteiger partial charge on any atom is -0.299 e. The van der Waals surface area contributed by atoms with Gasteiger partial charge in [0.15, 0.2) is 0 Å². The van der Waals surface area contributed by atoms with Crippen LogP contribution in [0.15, 0.2) is 23.8 Å². The standard InChI is InChI=1S/C12H19N/c1-11-5-4-6-12(9-11)10-13-7-2-3-8-13/h4,6,9,11H,2-3,5,7-8,10H2,1H3/t11-/m0/s1. The molecule has 0 aromatic rings. The van der Waals surface area contributed by atoms with Crippen LogP contribution in [-0.2, 0) is 0 Å². The van der Waals surface area contributed by atoms with Crippen LogP contribution in [0.4, 0.5) is 0 Å². The van der Waals surface area contributed by atoms with Crippen LogP contribution in [0.1, 0.15) is 26.2 Å². The molecule has 2 rings (SSSR count). The topological polar surface area (TPSA) is 3.24 Å². The molecule has 72 valence electrons. The average Bonchev–Trinajstić information content (AvgIpc) is 2.57. The molecule has 0 N–H and O–H groups in total. The van der Waals surface area contributed by atoms with Crippen LogP contribution in [0, 0.1) is 5.92 Å². The van der Waals surface area contributed by atoms with E-state index in [0.717, 1.165) is 5.92 Å². The van der Waals surface area contributed by atoms with Gasteiger partial charge in [-0.3, -0.25) is 4.90 Å². The second-order valence-corrected chi connectivity index (χ2v) is 4.34. The number of hydrogen-bond acceptors (Lipinski definition) is 1. The van der Waals surface area contributed by atoms with Crippen LogP contribution < -0.4 is 0 Å². The summed E-state index contributed by atoms with van der Waals surface area (Å²) >= 11 is 0. The zero-order valence-electron chi connectivity index (χ0n) is 8.50. The van der Waals surface area contributed by atoms with Gasteiger partial charge in [-0.25, -0.2) is 0 Å². The van der Waals surface area contributed by atoms with E-state index >= 15 is 0 Å². The minimum atomic E-state index is 0.752. The van der Waals surface area contributed by atoms with Crippen LogP contribution in [-0.4, -0.2) is 24.5 Å². The molecule has 1 heteroatoms. The lowest BCUT2D eigenvalue weighted by Gasteiger charge is -2.18. The van der Waals surface area contributed by atoms with Gasteiger partial charge in [0.25, 0.3) is 0 Å². The highest BCUT2D eigenvalue weighted by molar-refractivity contribution is 5.25. The van der Waals surface area contributed by atoms with Gasteiger partial charge in [0.05, 0.1) is 0 Å². The van der Waals surface area contributed by atoms with E-state index in [9.17, 15) is 0 Å². The molecule has 1 aliphatic carbocycles. The molecule has 1 heterocycles. The first kappa shape index (κ1) is 9.01. The highest BCUT2D eigenvalue weighted by Gasteiger charge is 2.13. The maximum atomic E-state index is 2.56. The third-order valence-corrected chi connectivity index (χ3v) is 2.94. The fourth-order valence-corrected chi connectivity index (χ4v) is 2.23. The molecule has 1 nitrogen and oxygen atoms in total. The molecule has 0 aromatic carbocycles. The smallest absolute Gasteiger partial charge is 0.0230 e. The quantitative estimate of drug-likeness (QED) is 0.626. The van der Waals surface area contributed by atoms with Crippen LogP contribution >= 0.6 is 0 Å². The Morgan fingerprint density at radius 3 is 2.85 bits per heavy atom. The molecule has 1 fully saturated rings. The highest BCUT2D eigenvalue weighted by atomic mass is 15.1.